The molecule has 4 rings (SSSR count). The van der Waals surface area contributed by atoms with Gasteiger partial charge in [-0.25, -0.2) is 4.63 Å². The van der Waals surface area contributed by atoms with Crippen LogP contribution in [0.1, 0.15) is 18.4 Å². The van der Waals surface area contributed by atoms with Crippen molar-refractivity contribution in [2.24, 2.45) is 0 Å². The summed E-state index contributed by atoms with van der Waals surface area (Å²) in [5, 5.41) is 17.9. The number of aromatic nitrogens is 4. The monoisotopic (exact) mass is 328 g/mol. The second-order valence-electron chi connectivity index (χ2n) is 5.50. The zero-order valence-corrected chi connectivity index (χ0v) is 13.0. The molecule has 0 aliphatic heterocycles. The van der Waals surface area contributed by atoms with Crippen LogP contribution >= 0.6 is 0 Å². The van der Waals surface area contributed by atoms with E-state index in [0.29, 0.717) is 35.9 Å². The van der Waals surface area contributed by atoms with Gasteiger partial charge in [0, 0.05) is 12.6 Å². The Labute approximate surface area is 137 Å². The molecule has 0 radical (unpaired) electrons. The predicted octanol–water partition coefficient (Wildman–Crippen LogP) is 2.31. The summed E-state index contributed by atoms with van der Waals surface area (Å²) in [5.74, 6) is 1.68. The van der Waals surface area contributed by atoms with Crippen LogP contribution in [0.15, 0.2) is 33.4 Å². The zero-order valence-electron chi connectivity index (χ0n) is 13.0. The standard InChI is InChI=1S/C15H16N6O3/c1-22-11-6-2-9(3-7-11)8-16-15-18-14(20-23-15)12-13(21-24-19-12)17-10-4-5-10/h2-3,6-7,10H,4-5,8H2,1H3,(H,17,21)(H,16,18,20). The second kappa shape index (κ2) is 6.19. The summed E-state index contributed by atoms with van der Waals surface area (Å²) in [4.78, 5) is 4.27. The molecule has 3 aromatic rings. The highest BCUT2D eigenvalue weighted by atomic mass is 16.6. The van der Waals surface area contributed by atoms with E-state index < -0.39 is 0 Å². The summed E-state index contributed by atoms with van der Waals surface area (Å²) < 4.78 is 15.1. The van der Waals surface area contributed by atoms with Crippen LogP contribution < -0.4 is 15.4 Å². The van der Waals surface area contributed by atoms with Gasteiger partial charge in [-0.2, -0.15) is 4.98 Å². The molecule has 2 N–H and O–H groups in total. The fraction of sp³-hybridized carbons (Fsp3) is 0.333. The van der Waals surface area contributed by atoms with Crippen LogP contribution in [0.2, 0.25) is 0 Å². The highest BCUT2D eigenvalue weighted by Crippen LogP contribution is 2.29. The molecule has 1 aliphatic rings. The average molecular weight is 328 g/mol. The van der Waals surface area contributed by atoms with Gasteiger partial charge >= 0.3 is 6.01 Å². The Morgan fingerprint density at radius 1 is 1.17 bits per heavy atom. The molecule has 2 heterocycles. The van der Waals surface area contributed by atoms with Crippen LogP contribution in [0, 0.1) is 0 Å². The van der Waals surface area contributed by atoms with E-state index in [4.69, 9.17) is 13.9 Å². The summed E-state index contributed by atoms with van der Waals surface area (Å²) in [6.45, 7) is 0.551. The third-order valence-electron chi connectivity index (χ3n) is 3.65. The Balaban J connectivity index is 1.41. The van der Waals surface area contributed by atoms with Gasteiger partial charge in [0.15, 0.2) is 5.69 Å². The Morgan fingerprint density at radius 2 is 2.00 bits per heavy atom. The van der Waals surface area contributed by atoms with Crippen molar-refractivity contribution in [1.82, 2.24) is 20.5 Å². The highest BCUT2D eigenvalue weighted by molar-refractivity contribution is 5.65. The maximum atomic E-state index is 5.20. The predicted molar refractivity (Wildman–Crippen MR) is 84.6 cm³/mol. The number of nitrogens with one attached hydrogen (secondary N) is 2. The number of methoxy groups -OCH3 is 1. The number of benzene rings is 1. The summed E-state index contributed by atoms with van der Waals surface area (Å²) >= 11 is 0. The van der Waals surface area contributed by atoms with Crippen molar-refractivity contribution in [1.29, 1.82) is 0 Å². The third-order valence-corrected chi connectivity index (χ3v) is 3.65. The molecule has 9 heteroatoms. The minimum atomic E-state index is 0.307. The van der Waals surface area contributed by atoms with Gasteiger partial charge in [0.1, 0.15) is 5.75 Å². The smallest absolute Gasteiger partial charge is 0.322 e. The third kappa shape index (κ3) is 3.14. The van der Waals surface area contributed by atoms with Crippen molar-refractivity contribution < 1.29 is 13.9 Å². The minimum absolute atomic E-state index is 0.307. The van der Waals surface area contributed by atoms with Crippen LogP contribution in [-0.2, 0) is 6.54 Å². The summed E-state index contributed by atoms with van der Waals surface area (Å²) in [5.41, 5.74) is 1.51. The number of anilines is 2. The van der Waals surface area contributed by atoms with Crippen LogP contribution in [0.4, 0.5) is 11.8 Å². The molecule has 0 unspecified atom stereocenters. The van der Waals surface area contributed by atoms with E-state index in [1.54, 1.807) is 7.11 Å². The van der Waals surface area contributed by atoms with E-state index in [2.05, 4.69) is 31.1 Å². The Morgan fingerprint density at radius 3 is 2.75 bits per heavy atom. The lowest BCUT2D eigenvalue weighted by Crippen LogP contribution is -2.03. The molecule has 1 saturated carbocycles. The molecule has 0 bridgehead atoms. The molecule has 1 fully saturated rings. The molecule has 1 aliphatic carbocycles. The van der Waals surface area contributed by atoms with E-state index in [-0.39, 0.29) is 0 Å². The first kappa shape index (κ1) is 14.5. The molecule has 9 nitrogen and oxygen atoms in total. The van der Waals surface area contributed by atoms with Crippen molar-refractivity contribution in [3.8, 4) is 17.3 Å². The normalized spacial score (nSPS) is 13.7. The van der Waals surface area contributed by atoms with E-state index in [0.717, 1.165) is 24.2 Å². The van der Waals surface area contributed by atoms with Gasteiger partial charge in [0.2, 0.25) is 11.6 Å². The van der Waals surface area contributed by atoms with E-state index >= 15 is 0 Å². The largest absolute Gasteiger partial charge is 0.497 e. The molecule has 0 atom stereocenters. The maximum absolute atomic E-state index is 5.20. The number of nitrogens with zero attached hydrogens (tertiary/aromatic N) is 4. The fourth-order valence-electron chi connectivity index (χ4n) is 2.16. The lowest BCUT2D eigenvalue weighted by atomic mass is 10.2. The van der Waals surface area contributed by atoms with Crippen molar-refractivity contribution in [2.45, 2.75) is 25.4 Å². The molecule has 0 saturated heterocycles. The Kier molecular flexibility index (Phi) is 3.73. The summed E-state index contributed by atoms with van der Waals surface area (Å²) in [6, 6.07) is 8.45. The fourth-order valence-corrected chi connectivity index (χ4v) is 2.16. The quantitative estimate of drug-likeness (QED) is 0.674. The first-order chi connectivity index (χ1) is 11.8. The lowest BCUT2D eigenvalue weighted by Gasteiger charge is -2.03. The number of rotatable bonds is 7. The molecule has 0 amide bonds. The SMILES string of the molecule is COc1ccc(CNc2nc(-c3nonc3NC3CC3)no2)cc1. The van der Waals surface area contributed by atoms with Gasteiger partial charge in [-0.05, 0) is 40.9 Å². The van der Waals surface area contributed by atoms with Gasteiger partial charge in [0.25, 0.3) is 0 Å². The van der Waals surface area contributed by atoms with Crippen LogP contribution in [0.25, 0.3) is 11.5 Å². The number of ether oxygens (including phenoxy) is 1. The first-order valence-corrected chi connectivity index (χ1v) is 7.62. The number of hydrogen-bond donors (Lipinski definition) is 2. The molecular formula is C15H16N6O3. The summed E-state index contributed by atoms with van der Waals surface area (Å²) in [6.07, 6.45) is 2.24. The average Bonchev–Trinajstić information content (AvgIpc) is 3.10. The van der Waals surface area contributed by atoms with E-state index in [9.17, 15) is 0 Å². The van der Waals surface area contributed by atoms with Crippen LogP contribution in [0.5, 0.6) is 5.75 Å². The van der Waals surface area contributed by atoms with Gasteiger partial charge in [-0.1, -0.05) is 17.3 Å². The highest BCUT2D eigenvalue weighted by Gasteiger charge is 2.26. The first-order valence-electron chi connectivity index (χ1n) is 7.62. The van der Waals surface area contributed by atoms with Crippen LogP contribution in [0.3, 0.4) is 0 Å². The number of hydrogen-bond acceptors (Lipinski definition) is 9. The van der Waals surface area contributed by atoms with Gasteiger partial charge in [0.05, 0.1) is 7.11 Å². The summed E-state index contributed by atoms with van der Waals surface area (Å²) in [7, 11) is 1.64. The topological polar surface area (TPSA) is 111 Å². The van der Waals surface area contributed by atoms with Gasteiger partial charge in [-0.3, -0.25) is 0 Å². The maximum Gasteiger partial charge on any atom is 0.322 e. The Hall–Kier alpha value is -3.10. The molecule has 24 heavy (non-hydrogen) atoms. The van der Waals surface area contributed by atoms with Crippen molar-refractivity contribution in [3.05, 3.63) is 29.8 Å². The van der Waals surface area contributed by atoms with Crippen molar-refractivity contribution in [3.63, 3.8) is 0 Å². The molecule has 0 spiro atoms. The molecule has 124 valence electrons. The van der Waals surface area contributed by atoms with E-state index in [1.165, 1.54) is 0 Å². The Bertz CT molecular complexity index is 809. The van der Waals surface area contributed by atoms with Crippen molar-refractivity contribution >= 4 is 11.8 Å². The van der Waals surface area contributed by atoms with Gasteiger partial charge in [-0.15, -0.1) is 0 Å². The molecule has 2 aromatic heterocycles. The molecular weight excluding hydrogens is 312 g/mol. The van der Waals surface area contributed by atoms with Crippen LogP contribution in [-0.4, -0.2) is 33.6 Å². The van der Waals surface area contributed by atoms with Gasteiger partial charge < -0.3 is 19.9 Å². The van der Waals surface area contributed by atoms with Crippen molar-refractivity contribution in [2.75, 3.05) is 17.7 Å². The molecule has 1 aromatic carbocycles. The second-order valence-corrected chi connectivity index (χ2v) is 5.50. The minimum Gasteiger partial charge on any atom is -0.497 e. The zero-order chi connectivity index (χ0) is 16.4. The van der Waals surface area contributed by atoms with E-state index in [1.807, 2.05) is 24.3 Å². The lowest BCUT2D eigenvalue weighted by molar-refractivity contribution is 0.309.